The fraction of sp³-hybridized carbons (Fsp3) is 0.909. The average Bonchev–Trinajstić information content (AvgIpc) is 2.25. The van der Waals surface area contributed by atoms with Crippen molar-refractivity contribution < 1.29 is 8.42 Å². The Kier molecular flexibility index (Phi) is 4.74. The van der Waals surface area contributed by atoms with E-state index in [9.17, 15) is 8.42 Å². The second-order valence-electron chi connectivity index (χ2n) is 5.55. The number of sulfonamides is 1. The van der Waals surface area contributed by atoms with E-state index < -0.39 is 10.0 Å². The van der Waals surface area contributed by atoms with Crippen molar-refractivity contribution in [1.29, 1.82) is 5.41 Å². The smallest absolute Gasteiger partial charge is 0.211 e. The van der Waals surface area contributed by atoms with E-state index in [2.05, 4.69) is 4.90 Å². The fourth-order valence-corrected chi connectivity index (χ4v) is 2.68. The molecule has 0 amide bonds. The zero-order valence-electron chi connectivity index (χ0n) is 11.4. The zero-order chi connectivity index (χ0) is 14.0. The summed E-state index contributed by atoms with van der Waals surface area (Å²) >= 11 is 0. The predicted octanol–water partition coefficient (Wildman–Crippen LogP) is -0.0841. The summed E-state index contributed by atoms with van der Waals surface area (Å²) < 4.78 is 24.2. The monoisotopic (exact) mass is 276 g/mol. The van der Waals surface area contributed by atoms with Crippen LogP contribution in [0.1, 0.15) is 20.3 Å². The van der Waals surface area contributed by atoms with Crippen molar-refractivity contribution in [2.45, 2.75) is 20.3 Å². The van der Waals surface area contributed by atoms with Crippen molar-refractivity contribution >= 4 is 15.9 Å². The normalized spacial score (nSPS) is 19.9. The maximum atomic E-state index is 11.4. The van der Waals surface area contributed by atoms with Crippen LogP contribution in [0.2, 0.25) is 0 Å². The third-order valence-corrected chi connectivity index (χ3v) is 4.89. The minimum Gasteiger partial charge on any atom is -0.387 e. The van der Waals surface area contributed by atoms with E-state index in [4.69, 9.17) is 11.1 Å². The van der Waals surface area contributed by atoms with Crippen molar-refractivity contribution in [2.24, 2.45) is 11.1 Å². The van der Waals surface area contributed by atoms with Gasteiger partial charge in [-0.05, 0) is 13.0 Å². The summed E-state index contributed by atoms with van der Waals surface area (Å²) in [6.07, 6.45) is 2.07. The summed E-state index contributed by atoms with van der Waals surface area (Å²) in [6.45, 7) is 7.38. The van der Waals surface area contributed by atoms with Crippen molar-refractivity contribution in [3.63, 3.8) is 0 Å². The third-order valence-electron chi connectivity index (χ3n) is 3.58. The van der Waals surface area contributed by atoms with Crippen LogP contribution < -0.4 is 5.73 Å². The molecule has 7 heteroatoms. The molecule has 1 rings (SSSR count). The number of piperazine rings is 1. The molecule has 0 unspecified atom stereocenters. The number of rotatable bonds is 5. The van der Waals surface area contributed by atoms with Crippen molar-refractivity contribution in [1.82, 2.24) is 9.21 Å². The van der Waals surface area contributed by atoms with Crippen molar-refractivity contribution in [3.05, 3.63) is 0 Å². The number of amidine groups is 1. The van der Waals surface area contributed by atoms with E-state index in [1.807, 2.05) is 13.8 Å². The van der Waals surface area contributed by atoms with Crippen LogP contribution in [0.5, 0.6) is 0 Å². The van der Waals surface area contributed by atoms with Gasteiger partial charge in [-0.1, -0.05) is 13.8 Å². The first-order valence-corrected chi connectivity index (χ1v) is 8.00. The van der Waals surface area contributed by atoms with Gasteiger partial charge in [-0.15, -0.1) is 0 Å². The van der Waals surface area contributed by atoms with Gasteiger partial charge in [0.1, 0.15) is 0 Å². The molecule has 106 valence electrons. The quantitative estimate of drug-likeness (QED) is 0.542. The molecule has 0 aromatic heterocycles. The van der Waals surface area contributed by atoms with Crippen LogP contribution in [0, 0.1) is 10.8 Å². The first-order chi connectivity index (χ1) is 8.13. The highest BCUT2D eigenvalue weighted by Crippen LogP contribution is 2.20. The molecule has 0 aromatic carbocycles. The van der Waals surface area contributed by atoms with Gasteiger partial charge in [-0.3, -0.25) is 5.41 Å². The zero-order valence-corrected chi connectivity index (χ0v) is 12.3. The van der Waals surface area contributed by atoms with Gasteiger partial charge in [0.15, 0.2) is 0 Å². The van der Waals surface area contributed by atoms with E-state index >= 15 is 0 Å². The lowest BCUT2D eigenvalue weighted by molar-refractivity contribution is 0.175. The van der Waals surface area contributed by atoms with Crippen LogP contribution in [0.4, 0.5) is 0 Å². The summed E-state index contributed by atoms with van der Waals surface area (Å²) in [5.41, 5.74) is 5.26. The van der Waals surface area contributed by atoms with Gasteiger partial charge < -0.3 is 10.6 Å². The molecule has 1 fully saturated rings. The second-order valence-corrected chi connectivity index (χ2v) is 7.53. The molecule has 0 saturated carbocycles. The summed E-state index contributed by atoms with van der Waals surface area (Å²) in [7, 11) is -3.05. The molecule has 1 heterocycles. The van der Waals surface area contributed by atoms with Gasteiger partial charge in [0, 0.05) is 31.6 Å². The molecule has 0 radical (unpaired) electrons. The van der Waals surface area contributed by atoms with Crippen molar-refractivity contribution in [3.8, 4) is 0 Å². The summed E-state index contributed by atoms with van der Waals surface area (Å²) in [4.78, 5) is 2.23. The van der Waals surface area contributed by atoms with E-state index in [1.165, 1.54) is 10.6 Å². The van der Waals surface area contributed by atoms with E-state index in [-0.39, 0.29) is 11.3 Å². The van der Waals surface area contributed by atoms with E-state index in [1.54, 1.807) is 0 Å². The average molecular weight is 276 g/mol. The Morgan fingerprint density at radius 3 is 2.17 bits per heavy atom. The van der Waals surface area contributed by atoms with Gasteiger partial charge in [0.05, 0.1) is 12.1 Å². The lowest BCUT2D eigenvalue weighted by atomic mass is 9.88. The van der Waals surface area contributed by atoms with Crippen LogP contribution in [0.15, 0.2) is 0 Å². The fourth-order valence-electron chi connectivity index (χ4n) is 1.86. The van der Waals surface area contributed by atoms with Gasteiger partial charge >= 0.3 is 0 Å². The van der Waals surface area contributed by atoms with Gasteiger partial charge in [0.2, 0.25) is 10.0 Å². The van der Waals surface area contributed by atoms with Gasteiger partial charge in [0.25, 0.3) is 0 Å². The maximum absolute atomic E-state index is 11.4. The first kappa shape index (κ1) is 15.4. The summed E-state index contributed by atoms with van der Waals surface area (Å²) in [5.74, 6) is 0.206. The van der Waals surface area contributed by atoms with Gasteiger partial charge in [-0.2, -0.15) is 4.31 Å². The molecule has 3 N–H and O–H groups in total. The van der Waals surface area contributed by atoms with Crippen LogP contribution in [0.3, 0.4) is 0 Å². The topological polar surface area (TPSA) is 90.5 Å². The third kappa shape index (κ3) is 4.22. The Balaban J connectivity index is 2.39. The van der Waals surface area contributed by atoms with E-state index in [0.29, 0.717) is 13.1 Å². The molecule has 1 aliphatic heterocycles. The molecule has 0 aromatic rings. The molecular weight excluding hydrogens is 252 g/mol. The summed E-state index contributed by atoms with van der Waals surface area (Å²) in [5, 5.41) is 7.50. The Morgan fingerprint density at radius 1 is 1.28 bits per heavy atom. The SMILES string of the molecule is CC(C)(CCN1CCN(S(C)(=O)=O)CC1)C(=N)N. The van der Waals surface area contributed by atoms with Gasteiger partial charge in [-0.25, -0.2) is 8.42 Å². The highest BCUT2D eigenvalue weighted by atomic mass is 32.2. The molecule has 1 saturated heterocycles. The van der Waals surface area contributed by atoms with Crippen LogP contribution >= 0.6 is 0 Å². The number of hydrogen-bond acceptors (Lipinski definition) is 4. The highest BCUT2D eigenvalue weighted by Gasteiger charge is 2.26. The number of nitrogens with two attached hydrogens (primary N) is 1. The molecular formula is C11H24N4O2S. The molecule has 18 heavy (non-hydrogen) atoms. The number of nitrogens with one attached hydrogen (secondary N) is 1. The van der Waals surface area contributed by atoms with Crippen molar-refractivity contribution in [2.75, 3.05) is 39.0 Å². The highest BCUT2D eigenvalue weighted by molar-refractivity contribution is 7.88. The number of nitrogens with zero attached hydrogens (tertiary/aromatic N) is 2. The van der Waals surface area contributed by atoms with Crippen LogP contribution in [0.25, 0.3) is 0 Å². The molecule has 6 nitrogen and oxygen atoms in total. The van der Waals surface area contributed by atoms with Crippen LogP contribution in [-0.2, 0) is 10.0 Å². The standard InChI is InChI=1S/C11H24N4O2S/c1-11(2,10(12)13)4-5-14-6-8-15(9-7-14)18(3,16)17/h4-9H2,1-3H3,(H3,12,13). The predicted molar refractivity (Wildman–Crippen MR) is 73.2 cm³/mol. The van der Waals surface area contributed by atoms with Crippen LogP contribution in [-0.4, -0.2) is 62.4 Å². The number of hydrogen-bond donors (Lipinski definition) is 2. The first-order valence-electron chi connectivity index (χ1n) is 6.15. The Morgan fingerprint density at radius 2 is 1.78 bits per heavy atom. The lowest BCUT2D eigenvalue weighted by Gasteiger charge is -2.35. The van der Waals surface area contributed by atoms with E-state index in [0.717, 1.165) is 26.1 Å². The minimum absolute atomic E-state index is 0.206. The largest absolute Gasteiger partial charge is 0.387 e. The molecule has 0 aliphatic carbocycles. The minimum atomic E-state index is -3.05. The summed E-state index contributed by atoms with van der Waals surface area (Å²) in [6, 6.07) is 0. The Bertz CT molecular complexity index is 397. The molecule has 0 atom stereocenters. The molecule has 1 aliphatic rings. The molecule has 0 spiro atoms. The maximum Gasteiger partial charge on any atom is 0.211 e. The second kappa shape index (κ2) is 5.54. The molecule has 0 bridgehead atoms. The lowest BCUT2D eigenvalue weighted by Crippen LogP contribution is -2.49. The Hall–Kier alpha value is -0.660. The Labute approximate surface area is 110 Å².